The summed E-state index contributed by atoms with van der Waals surface area (Å²) in [6.45, 7) is 2.99. The quantitative estimate of drug-likeness (QED) is 0.589. The summed E-state index contributed by atoms with van der Waals surface area (Å²) < 4.78 is 4.57. The fraction of sp³-hybridized carbons (Fsp3) is 0.833. The molecule has 0 radical (unpaired) electrons. The number of rotatable bonds is 3. The van der Waals surface area contributed by atoms with Crippen molar-refractivity contribution in [3.05, 3.63) is 0 Å². The average molecular weight is 184 g/mol. The molecule has 0 saturated heterocycles. The number of hydrogen-bond donors (Lipinski definition) is 2. The zero-order chi connectivity index (χ0) is 8.20. The zero-order valence-electron chi connectivity index (χ0n) is 6.66. The fourth-order valence-electron chi connectivity index (χ4n) is 0.361. The van der Waals surface area contributed by atoms with Crippen molar-refractivity contribution in [1.29, 1.82) is 0 Å². The van der Waals surface area contributed by atoms with Crippen LogP contribution in [0, 0.1) is 0 Å². The van der Waals surface area contributed by atoms with Gasteiger partial charge in [0.25, 0.3) is 0 Å². The molecule has 0 aliphatic heterocycles. The van der Waals surface area contributed by atoms with E-state index in [9.17, 15) is 4.79 Å². The van der Waals surface area contributed by atoms with Crippen LogP contribution in [0.5, 0.6) is 0 Å². The Morgan fingerprint density at radius 2 is 2.18 bits per heavy atom. The number of esters is 1. The largest absolute Gasteiger partial charge is 0.465 e. The molecular weight excluding hydrogens is 170 g/mol. The van der Waals surface area contributed by atoms with E-state index in [4.69, 9.17) is 10.8 Å². The Kier molecular flexibility index (Phi) is 6.46. The highest BCUT2D eigenvalue weighted by atomic mass is 35.5. The SMILES string of the molecule is CCOC(=O)C(C)(N)CO.Cl. The molecule has 4 nitrogen and oxygen atoms in total. The normalized spacial score (nSPS) is 14.5. The van der Waals surface area contributed by atoms with Gasteiger partial charge in [0.2, 0.25) is 0 Å². The van der Waals surface area contributed by atoms with E-state index in [0.717, 1.165) is 0 Å². The van der Waals surface area contributed by atoms with Gasteiger partial charge in [-0.1, -0.05) is 0 Å². The van der Waals surface area contributed by atoms with Gasteiger partial charge in [0, 0.05) is 0 Å². The smallest absolute Gasteiger partial charge is 0.328 e. The predicted molar refractivity (Wildman–Crippen MR) is 43.6 cm³/mol. The Bertz CT molecular complexity index is 127. The molecule has 11 heavy (non-hydrogen) atoms. The monoisotopic (exact) mass is 183 g/mol. The van der Waals surface area contributed by atoms with E-state index in [1.54, 1.807) is 6.92 Å². The van der Waals surface area contributed by atoms with Crippen molar-refractivity contribution in [2.45, 2.75) is 19.4 Å². The Morgan fingerprint density at radius 1 is 1.73 bits per heavy atom. The highest BCUT2D eigenvalue weighted by molar-refractivity contribution is 5.85. The summed E-state index contributed by atoms with van der Waals surface area (Å²) in [5.41, 5.74) is 4.07. The van der Waals surface area contributed by atoms with Crippen molar-refractivity contribution in [1.82, 2.24) is 0 Å². The minimum absolute atomic E-state index is 0. The van der Waals surface area contributed by atoms with Gasteiger partial charge in [-0.2, -0.15) is 0 Å². The van der Waals surface area contributed by atoms with Crippen LogP contribution >= 0.6 is 12.4 Å². The van der Waals surface area contributed by atoms with Crippen molar-refractivity contribution in [3.63, 3.8) is 0 Å². The maximum atomic E-state index is 10.8. The minimum atomic E-state index is -1.25. The summed E-state index contributed by atoms with van der Waals surface area (Å²) in [5, 5.41) is 8.57. The number of aliphatic hydroxyl groups excluding tert-OH is 1. The van der Waals surface area contributed by atoms with Crippen LogP contribution in [0.3, 0.4) is 0 Å². The first-order valence-electron chi connectivity index (χ1n) is 3.11. The molecule has 0 aromatic carbocycles. The Labute approximate surface area is 72.1 Å². The lowest BCUT2D eigenvalue weighted by Crippen LogP contribution is -2.49. The number of carbonyl (C=O) groups is 1. The minimum Gasteiger partial charge on any atom is -0.465 e. The Balaban J connectivity index is 0. The molecule has 0 aliphatic carbocycles. The van der Waals surface area contributed by atoms with Crippen LogP contribution in [0.15, 0.2) is 0 Å². The molecule has 0 aliphatic rings. The molecule has 1 atom stereocenters. The third-order valence-corrected chi connectivity index (χ3v) is 1.07. The molecular formula is C6H14ClNO3. The standard InChI is InChI=1S/C6H13NO3.ClH/c1-3-10-5(9)6(2,7)4-8;/h8H,3-4,7H2,1-2H3;1H. The molecule has 0 aromatic heterocycles. The van der Waals surface area contributed by atoms with Crippen molar-refractivity contribution >= 4 is 18.4 Å². The number of hydrogen-bond acceptors (Lipinski definition) is 4. The maximum Gasteiger partial charge on any atom is 0.328 e. The second-order valence-corrected chi connectivity index (χ2v) is 2.30. The Hall–Kier alpha value is -0.320. The van der Waals surface area contributed by atoms with Gasteiger partial charge in [0.15, 0.2) is 0 Å². The predicted octanol–water partition coefficient (Wildman–Crippen LogP) is -0.319. The van der Waals surface area contributed by atoms with Crippen LogP contribution in [-0.4, -0.2) is 29.8 Å². The van der Waals surface area contributed by atoms with Crippen molar-refractivity contribution in [2.24, 2.45) is 5.73 Å². The van der Waals surface area contributed by atoms with Gasteiger partial charge >= 0.3 is 5.97 Å². The number of aliphatic hydroxyl groups is 1. The Morgan fingerprint density at radius 3 is 2.45 bits per heavy atom. The van der Waals surface area contributed by atoms with Crippen LogP contribution < -0.4 is 5.73 Å². The van der Waals surface area contributed by atoms with E-state index in [-0.39, 0.29) is 19.0 Å². The molecule has 0 rings (SSSR count). The van der Waals surface area contributed by atoms with Gasteiger partial charge in [-0.15, -0.1) is 12.4 Å². The van der Waals surface area contributed by atoms with E-state index in [1.165, 1.54) is 6.92 Å². The van der Waals surface area contributed by atoms with Crippen LogP contribution in [0.2, 0.25) is 0 Å². The first kappa shape index (κ1) is 13.3. The fourth-order valence-corrected chi connectivity index (χ4v) is 0.361. The number of halogens is 1. The van der Waals surface area contributed by atoms with Gasteiger partial charge in [0.05, 0.1) is 13.2 Å². The second kappa shape index (κ2) is 5.35. The van der Waals surface area contributed by atoms with Crippen LogP contribution in [0.1, 0.15) is 13.8 Å². The summed E-state index contributed by atoms with van der Waals surface area (Å²) in [6, 6.07) is 0. The van der Waals surface area contributed by atoms with Crippen molar-refractivity contribution in [3.8, 4) is 0 Å². The van der Waals surface area contributed by atoms with Crippen molar-refractivity contribution in [2.75, 3.05) is 13.2 Å². The molecule has 68 valence electrons. The molecule has 0 amide bonds. The summed E-state index contributed by atoms with van der Waals surface area (Å²) in [6.07, 6.45) is 0. The lowest BCUT2D eigenvalue weighted by atomic mass is 10.1. The van der Waals surface area contributed by atoms with Crippen LogP contribution in [0.4, 0.5) is 0 Å². The summed E-state index contributed by atoms with van der Waals surface area (Å²) in [5.74, 6) is -0.572. The first-order chi connectivity index (χ1) is 4.54. The molecule has 0 spiro atoms. The van der Waals surface area contributed by atoms with Crippen LogP contribution in [0.25, 0.3) is 0 Å². The number of carbonyl (C=O) groups excluding carboxylic acids is 1. The molecule has 0 aromatic rings. The zero-order valence-corrected chi connectivity index (χ0v) is 7.48. The molecule has 3 N–H and O–H groups in total. The third-order valence-electron chi connectivity index (χ3n) is 1.07. The van der Waals surface area contributed by atoms with E-state index >= 15 is 0 Å². The van der Waals surface area contributed by atoms with E-state index < -0.39 is 18.1 Å². The molecule has 0 saturated carbocycles. The van der Waals surface area contributed by atoms with Gasteiger partial charge < -0.3 is 15.6 Å². The molecule has 0 heterocycles. The van der Waals surface area contributed by atoms with Gasteiger partial charge in [-0.25, -0.2) is 4.79 Å². The van der Waals surface area contributed by atoms with Gasteiger partial charge in [-0.3, -0.25) is 0 Å². The second-order valence-electron chi connectivity index (χ2n) is 2.30. The summed E-state index contributed by atoms with van der Waals surface area (Å²) in [7, 11) is 0. The maximum absolute atomic E-state index is 10.8. The number of ether oxygens (including phenoxy) is 1. The molecule has 5 heteroatoms. The summed E-state index contributed by atoms with van der Waals surface area (Å²) >= 11 is 0. The van der Waals surface area contributed by atoms with Crippen molar-refractivity contribution < 1.29 is 14.6 Å². The first-order valence-corrected chi connectivity index (χ1v) is 3.11. The average Bonchev–Trinajstić information content (AvgIpc) is 1.89. The topological polar surface area (TPSA) is 72.5 Å². The molecule has 1 unspecified atom stereocenters. The van der Waals surface area contributed by atoms with Gasteiger partial charge in [-0.05, 0) is 13.8 Å². The van der Waals surface area contributed by atoms with E-state index in [2.05, 4.69) is 4.74 Å². The molecule has 0 bridgehead atoms. The highest BCUT2D eigenvalue weighted by Crippen LogP contribution is 1.99. The highest BCUT2D eigenvalue weighted by Gasteiger charge is 2.28. The van der Waals surface area contributed by atoms with Gasteiger partial charge in [0.1, 0.15) is 5.54 Å². The molecule has 0 fully saturated rings. The summed E-state index contributed by atoms with van der Waals surface area (Å²) in [4.78, 5) is 10.8. The number of nitrogens with two attached hydrogens (primary N) is 1. The third kappa shape index (κ3) is 4.19. The van der Waals surface area contributed by atoms with Crippen LogP contribution in [-0.2, 0) is 9.53 Å². The lowest BCUT2D eigenvalue weighted by molar-refractivity contribution is -0.150. The van der Waals surface area contributed by atoms with E-state index in [0.29, 0.717) is 0 Å². The lowest BCUT2D eigenvalue weighted by Gasteiger charge is -2.18. The van der Waals surface area contributed by atoms with E-state index in [1.807, 2.05) is 0 Å².